The van der Waals surface area contributed by atoms with Crippen LogP contribution in [-0.4, -0.2) is 47.9 Å². The zero-order valence-corrected chi connectivity index (χ0v) is 15.5. The summed E-state index contributed by atoms with van der Waals surface area (Å²) in [5, 5.41) is 0.679. The highest BCUT2D eigenvalue weighted by Crippen LogP contribution is 2.39. The Labute approximate surface area is 159 Å². The van der Waals surface area contributed by atoms with E-state index in [-0.39, 0.29) is 0 Å². The molecule has 0 aliphatic carbocycles. The highest BCUT2D eigenvalue weighted by Gasteiger charge is 2.32. The van der Waals surface area contributed by atoms with Crippen LogP contribution < -0.4 is 4.74 Å². The molecule has 2 aromatic rings. The second-order valence-electron chi connectivity index (χ2n) is 7.28. The van der Waals surface area contributed by atoms with E-state index >= 15 is 0 Å². The van der Waals surface area contributed by atoms with Crippen LogP contribution in [0.25, 0.3) is 0 Å². The summed E-state index contributed by atoms with van der Waals surface area (Å²) in [6.45, 7) is 4.38. The number of halogens is 1. The summed E-state index contributed by atoms with van der Waals surface area (Å²) in [6, 6.07) is 14.5. The van der Waals surface area contributed by atoms with E-state index in [9.17, 15) is 0 Å². The number of para-hydroxylation sites is 1. The van der Waals surface area contributed by atoms with Crippen molar-refractivity contribution in [2.45, 2.75) is 25.3 Å². The molecule has 4 nitrogen and oxygen atoms in total. The van der Waals surface area contributed by atoms with E-state index in [1.165, 1.54) is 25.8 Å². The topological polar surface area (TPSA) is 28.1 Å². The number of piperidine rings is 1. The summed E-state index contributed by atoms with van der Waals surface area (Å²) >= 11 is 6.22. The van der Waals surface area contributed by atoms with Crippen LogP contribution >= 0.6 is 11.6 Å². The van der Waals surface area contributed by atoms with Crippen LogP contribution in [0.2, 0.25) is 5.02 Å². The van der Waals surface area contributed by atoms with Gasteiger partial charge in [-0.25, -0.2) is 4.99 Å². The molecule has 0 bridgehead atoms. The molecule has 0 saturated carbocycles. The average molecular weight is 368 g/mol. The first-order chi connectivity index (χ1) is 12.8. The van der Waals surface area contributed by atoms with Crippen LogP contribution in [0, 0.1) is 0 Å². The molecule has 0 aromatic heterocycles. The molecule has 3 aliphatic rings. The van der Waals surface area contributed by atoms with Crippen LogP contribution in [0.3, 0.4) is 0 Å². The summed E-state index contributed by atoms with van der Waals surface area (Å²) < 4.78 is 6.17. The minimum Gasteiger partial charge on any atom is -0.454 e. The van der Waals surface area contributed by atoms with E-state index in [0.29, 0.717) is 11.1 Å². The number of fused-ring (bicyclic) bond motifs is 3. The third-order valence-electron chi connectivity index (χ3n) is 5.63. The number of nitrogens with zero attached hydrogens (tertiary/aromatic N) is 3. The molecule has 26 heavy (non-hydrogen) atoms. The van der Waals surface area contributed by atoms with E-state index in [1.54, 1.807) is 0 Å². The third-order valence-corrected chi connectivity index (χ3v) is 5.87. The monoisotopic (exact) mass is 367 g/mol. The van der Waals surface area contributed by atoms with Gasteiger partial charge in [-0.1, -0.05) is 30.2 Å². The summed E-state index contributed by atoms with van der Waals surface area (Å²) in [4.78, 5) is 10.1. The fraction of sp³-hybridized carbons (Fsp3) is 0.381. The molecule has 3 heterocycles. The molecule has 2 aromatic carbocycles. The van der Waals surface area contributed by atoms with Gasteiger partial charge >= 0.3 is 0 Å². The molecule has 3 aliphatic heterocycles. The third kappa shape index (κ3) is 2.87. The number of piperazine rings is 1. The summed E-state index contributed by atoms with van der Waals surface area (Å²) in [6.07, 6.45) is 3.95. The number of benzene rings is 2. The average Bonchev–Trinajstić information content (AvgIpc) is 2.84. The van der Waals surface area contributed by atoms with Gasteiger partial charge in [0.25, 0.3) is 0 Å². The Bertz CT molecular complexity index is 866. The van der Waals surface area contributed by atoms with Crippen molar-refractivity contribution in [1.29, 1.82) is 0 Å². The normalized spacial score (nSPS) is 22.4. The maximum Gasteiger partial charge on any atom is 0.153 e. The molecule has 0 N–H and O–H groups in total. The molecule has 0 amide bonds. The van der Waals surface area contributed by atoms with E-state index in [2.05, 4.69) is 21.9 Å². The van der Waals surface area contributed by atoms with Crippen LogP contribution in [0.15, 0.2) is 47.5 Å². The highest BCUT2D eigenvalue weighted by molar-refractivity contribution is 6.31. The minimum atomic E-state index is 0.635. The van der Waals surface area contributed by atoms with Crippen molar-refractivity contribution in [3.05, 3.63) is 53.1 Å². The van der Waals surface area contributed by atoms with Crippen LogP contribution in [0.5, 0.6) is 11.5 Å². The van der Waals surface area contributed by atoms with Crippen molar-refractivity contribution in [2.24, 2.45) is 4.99 Å². The van der Waals surface area contributed by atoms with Gasteiger partial charge in [0.2, 0.25) is 0 Å². The van der Waals surface area contributed by atoms with Crippen molar-refractivity contribution in [2.75, 3.05) is 26.2 Å². The van der Waals surface area contributed by atoms with Crippen molar-refractivity contribution in [1.82, 2.24) is 9.80 Å². The van der Waals surface area contributed by atoms with Gasteiger partial charge in [-0.15, -0.1) is 0 Å². The van der Waals surface area contributed by atoms with Gasteiger partial charge in [0.05, 0.1) is 5.56 Å². The highest BCUT2D eigenvalue weighted by atomic mass is 35.5. The van der Waals surface area contributed by atoms with Gasteiger partial charge in [0, 0.05) is 30.7 Å². The molecule has 5 heteroatoms. The number of hydrogen-bond donors (Lipinski definition) is 0. The fourth-order valence-electron chi connectivity index (χ4n) is 4.29. The molecular formula is C21H22ClN3O. The molecule has 0 unspecified atom stereocenters. The lowest BCUT2D eigenvalue weighted by molar-refractivity contribution is 0.0805. The molecular weight excluding hydrogens is 346 g/mol. The number of aliphatic imine (C=N–C) groups is 1. The van der Waals surface area contributed by atoms with Crippen molar-refractivity contribution in [3.63, 3.8) is 0 Å². The van der Waals surface area contributed by atoms with Crippen molar-refractivity contribution < 1.29 is 4.74 Å². The summed E-state index contributed by atoms with van der Waals surface area (Å²) in [5.74, 6) is 2.62. The molecule has 0 spiro atoms. The zero-order chi connectivity index (χ0) is 17.5. The van der Waals surface area contributed by atoms with E-state index in [4.69, 9.17) is 21.3 Å². The van der Waals surface area contributed by atoms with E-state index in [1.807, 2.05) is 30.3 Å². The number of hydrogen-bond acceptors (Lipinski definition) is 4. The Kier molecular flexibility index (Phi) is 4.10. The standard InChI is InChI=1S/C21H22ClN3O/c22-15-8-9-20-18(13-15)23-21(17-6-1-2-7-19(17)26-20)25-12-11-24-10-4-3-5-16(24)14-25/h1-2,6-9,13,16H,3-5,10-12,14H2/t16-/m1/s1. The van der Waals surface area contributed by atoms with Crippen LogP contribution in [-0.2, 0) is 0 Å². The lowest BCUT2D eigenvalue weighted by atomic mass is 9.99. The second kappa shape index (κ2) is 6.60. The lowest BCUT2D eigenvalue weighted by Gasteiger charge is -2.45. The maximum atomic E-state index is 6.22. The summed E-state index contributed by atoms with van der Waals surface area (Å²) in [5.41, 5.74) is 1.86. The predicted molar refractivity (Wildman–Crippen MR) is 105 cm³/mol. The Morgan fingerprint density at radius 1 is 1.00 bits per heavy atom. The fourth-order valence-corrected chi connectivity index (χ4v) is 4.45. The first kappa shape index (κ1) is 16.2. The largest absolute Gasteiger partial charge is 0.454 e. The number of ether oxygens (including phenoxy) is 1. The van der Waals surface area contributed by atoms with E-state index < -0.39 is 0 Å². The predicted octanol–water partition coefficient (Wildman–Crippen LogP) is 4.69. The lowest BCUT2D eigenvalue weighted by Crippen LogP contribution is -2.56. The Hall–Kier alpha value is -2.04. The number of rotatable bonds is 0. The Morgan fingerprint density at radius 2 is 1.92 bits per heavy atom. The quantitative estimate of drug-likeness (QED) is 0.676. The van der Waals surface area contributed by atoms with Crippen LogP contribution in [0.4, 0.5) is 5.69 Å². The molecule has 5 rings (SSSR count). The molecule has 0 radical (unpaired) electrons. The van der Waals surface area contributed by atoms with Gasteiger partial charge < -0.3 is 9.64 Å². The second-order valence-corrected chi connectivity index (χ2v) is 7.71. The molecule has 2 fully saturated rings. The van der Waals surface area contributed by atoms with Gasteiger partial charge in [-0.05, 0) is 49.7 Å². The maximum absolute atomic E-state index is 6.22. The minimum absolute atomic E-state index is 0.635. The Balaban J connectivity index is 1.57. The smallest absolute Gasteiger partial charge is 0.153 e. The first-order valence-electron chi connectivity index (χ1n) is 9.42. The van der Waals surface area contributed by atoms with E-state index in [0.717, 1.165) is 48.2 Å². The molecule has 1 atom stereocenters. The van der Waals surface area contributed by atoms with Crippen LogP contribution in [0.1, 0.15) is 24.8 Å². The Morgan fingerprint density at radius 3 is 2.88 bits per heavy atom. The summed E-state index contributed by atoms with van der Waals surface area (Å²) in [7, 11) is 0. The first-order valence-corrected chi connectivity index (χ1v) is 9.80. The SMILES string of the molecule is Clc1ccc2c(c1)N=C(N1CCN3CCCC[C@@H]3C1)c1ccccc1O2. The van der Waals surface area contributed by atoms with Gasteiger partial charge in [-0.2, -0.15) is 0 Å². The van der Waals surface area contributed by atoms with Gasteiger partial charge in [0.15, 0.2) is 5.75 Å². The van der Waals surface area contributed by atoms with Crippen molar-refractivity contribution in [3.8, 4) is 11.5 Å². The zero-order valence-electron chi connectivity index (χ0n) is 14.7. The van der Waals surface area contributed by atoms with Crippen molar-refractivity contribution >= 4 is 23.1 Å². The van der Waals surface area contributed by atoms with Gasteiger partial charge in [-0.3, -0.25) is 4.90 Å². The molecule has 2 saturated heterocycles. The van der Waals surface area contributed by atoms with Gasteiger partial charge in [0.1, 0.15) is 17.3 Å². The molecule has 134 valence electrons. The number of amidine groups is 1.